The van der Waals surface area contributed by atoms with Crippen molar-refractivity contribution in [1.29, 1.82) is 0 Å². The lowest BCUT2D eigenvalue weighted by Crippen LogP contribution is -2.13. The van der Waals surface area contributed by atoms with Crippen molar-refractivity contribution >= 4 is 23.1 Å². The van der Waals surface area contributed by atoms with E-state index >= 15 is 0 Å². The van der Waals surface area contributed by atoms with Crippen LogP contribution in [-0.4, -0.2) is 31.7 Å². The van der Waals surface area contributed by atoms with Crippen molar-refractivity contribution in [2.75, 3.05) is 31.5 Å². The van der Waals surface area contributed by atoms with Gasteiger partial charge in [-0.1, -0.05) is 12.1 Å². The summed E-state index contributed by atoms with van der Waals surface area (Å²) in [5.74, 6) is 2.12. The van der Waals surface area contributed by atoms with E-state index in [1.807, 2.05) is 31.2 Å². The van der Waals surface area contributed by atoms with Gasteiger partial charge in [-0.15, -0.1) is 0 Å². The molecule has 1 amide bonds. The summed E-state index contributed by atoms with van der Waals surface area (Å²) in [6, 6.07) is 16.1. The lowest BCUT2D eigenvalue weighted by molar-refractivity contribution is 0.102. The number of hydrogen-bond acceptors (Lipinski definition) is 6. The van der Waals surface area contributed by atoms with Crippen LogP contribution in [0.2, 0.25) is 0 Å². The van der Waals surface area contributed by atoms with Gasteiger partial charge in [0.1, 0.15) is 23.1 Å². The first-order chi connectivity index (χ1) is 14.1. The molecule has 0 atom stereocenters. The molecule has 7 nitrogen and oxygen atoms in total. The van der Waals surface area contributed by atoms with Gasteiger partial charge in [0.25, 0.3) is 5.91 Å². The molecular formula is C22H23N3O4. The summed E-state index contributed by atoms with van der Waals surface area (Å²) in [5.41, 5.74) is 1.77. The van der Waals surface area contributed by atoms with Crippen LogP contribution in [0.15, 0.2) is 60.8 Å². The molecule has 0 aliphatic heterocycles. The topological polar surface area (TPSA) is 81.7 Å². The number of nitrogens with one attached hydrogen (secondary N) is 2. The summed E-state index contributed by atoms with van der Waals surface area (Å²) < 4.78 is 16.1. The minimum atomic E-state index is -0.281. The van der Waals surface area contributed by atoms with Crippen LogP contribution in [0.5, 0.6) is 17.2 Å². The molecule has 0 aliphatic rings. The highest BCUT2D eigenvalue weighted by Crippen LogP contribution is 2.30. The third-order valence-corrected chi connectivity index (χ3v) is 4.13. The number of amides is 1. The van der Waals surface area contributed by atoms with Gasteiger partial charge >= 0.3 is 0 Å². The van der Waals surface area contributed by atoms with Crippen molar-refractivity contribution in [2.24, 2.45) is 0 Å². The molecule has 3 rings (SSSR count). The molecule has 0 spiro atoms. The van der Waals surface area contributed by atoms with Gasteiger partial charge in [-0.05, 0) is 43.3 Å². The molecule has 0 saturated carbocycles. The molecule has 0 saturated heterocycles. The minimum absolute atomic E-state index is 0.281. The van der Waals surface area contributed by atoms with Crippen LogP contribution in [0, 0.1) is 0 Å². The van der Waals surface area contributed by atoms with Crippen LogP contribution in [-0.2, 0) is 0 Å². The number of pyridine rings is 1. The summed E-state index contributed by atoms with van der Waals surface area (Å²) >= 11 is 0. The van der Waals surface area contributed by atoms with E-state index in [4.69, 9.17) is 14.2 Å². The fourth-order valence-electron chi connectivity index (χ4n) is 2.73. The first-order valence-corrected chi connectivity index (χ1v) is 9.13. The van der Waals surface area contributed by atoms with E-state index in [9.17, 15) is 4.79 Å². The van der Waals surface area contributed by atoms with Crippen molar-refractivity contribution in [2.45, 2.75) is 6.92 Å². The quantitative estimate of drug-likeness (QED) is 0.587. The highest BCUT2D eigenvalue weighted by atomic mass is 16.5. The maximum absolute atomic E-state index is 12.7. The first-order valence-electron chi connectivity index (χ1n) is 9.13. The van der Waals surface area contributed by atoms with Gasteiger partial charge in [0.15, 0.2) is 0 Å². The SMILES string of the molecule is CCOc1ccccc1Nc1cc(C(=O)Nc2ccc(OC)cc2OC)ccn1. The number of hydrogen-bond donors (Lipinski definition) is 2. The predicted octanol–water partition coefficient (Wildman–Crippen LogP) is 4.49. The van der Waals surface area contributed by atoms with Crippen molar-refractivity contribution in [3.63, 3.8) is 0 Å². The van der Waals surface area contributed by atoms with Crippen LogP contribution in [0.1, 0.15) is 17.3 Å². The molecule has 3 aromatic rings. The van der Waals surface area contributed by atoms with Crippen molar-refractivity contribution in [1.82, 2.24) is 4.98 Å². The summed E-state index contributed by atoms with van der Waals surface area (Å²) in [6.07, 6.45) is 1.58. The lowest BCUT2D eigenvalue weighted by Gasteiger charge is -2.13. The Morgan fingerprint density at radius 1 is 0.966 bits per heavy atom. The van der Waals surface area contributed by atoms with Gasteiger partial charge < -0.3 is 24.8 Å². The Labute approximate surface area is 169 Å². The molecule has 150 valence electrons. The van der Waals surface area contributed by atoms with Gasteiger partial charge in [-0.2, -0.15) is 0 Å². The molecule has 1 aromatic heterocycles. The molecule has 1 heterocycles. The van der Waals surface area contributed by atoms with E-state index in [-0.39, 0.29) is 5.91 Å². The Morgan fingerprint density at radius 3 is 2.55 bits per heavy atom. The number of ether oxygens (including phenoxy) is 3. The zero-order chi connectivity index (χ0) is 20.6. The average Bonchev–Trinajstić information content (AvgIpc) is 2.75. The second-order valence-corrected chi connectivity index (χ2v) is 6.00. The zero-order valence-corrected chi connectivity index (χ0v) is 16.6. The Bertz CT molecular complexity index is 991. The summed E-state index contributed by atoms with van der Waals surface area (Å²) in [5, 5.41) is 6.05. The highest BCUT2D eigenvalue weighted by Gasteiger charge is 2.12. The first kappa shape index (κ1) is 20.0. The maximum atomic E-state index is 12.7. The number of carbonyl (C=O) groups excluding carboxylic acids is 1. The molecule has 7 heteroatoms. The highest BCUT2D eigenvalue weighted by molar-refractivity contribution is 6.05. The lowest BCUT2D eigenvalue weighted by atomic mass is 10.2. The predicted molar refractivity (Wildman–Crippen MR) is 113 cm³/mol. The third-order valence-electron chi connectivity index (χ3n) is 4.13. The van der Waals surface area contributed by atoms with Gasteiger partial charge in [0, 0.05) is 17.8 Å². The number of nitrogens with zero attached hydrogens (tertiary/aromatic N) is 1. The van der Waals surface area contributed by atoms with Crippen molar-refractivity contribution in [3.8, 4) is 17.2 Å². The Morgan fingerprint density at radius 2 is 1.79 bits per heavy atom. The molecule has 29 heavy (non-hydrogen) atoms. The van der Waals surface area contributed by atoms with Crippen LogP contribution in [0.4, 0.5) is 17.2 Å². The molecule has 0 bridgehead atoms. The zero-order valence-electron chi connectivity index (χ0n) is 16.6. The van der Waals surface area contributed by atoms with E-state index in [2.05, 4.69) is 15.6 Å². The number of methoxy groups -OCH3 is 2. The average molecular weight is 393 g/mol. The molecular weight excluding hydrogens is 370 g/mol. The molecule has 2 N–H and O–H groups in total. The number of anilines is 3. The van der Waals surface area contributed by atoms with E-state index in [1.165, 1.54) is 7.11 Å². The number of rotatable bonds is 8. The van der Waals surface area contributed by atoms with E-state index < -0.39 is 0 Å². The number of carbonyl (C=O) groups is 1. The number of benzene rings is 2. The molecule has 0 radical (unpaired) electrons. The van der Waals surface area contributed by atoms with Gasteiger partial charge in [-0.25, -0.2) is 4.98 Å². The fourth-order valence-corrected chi connectivity index (χ4v) is 2.73. The van der Waals surface area contributed by atoms with E-state index in [0.717, 1.165) is 11.4 Å². The fraction of sp³-hybridized carbons (Fsp3) is 0.182. The van der Waals surface area contributed by atoms with Crippen LogP contribution < -0.4 is 24.8 Å². The largest absolute Gasteiger partial charge is 0.497 e. The third kappa shape index (κ3) is 4.95. The van der Waals surface area contributed by atoms with Crippen molar-refractivity contribution < 1.29 is 19.0 Å². The van der Waals surface area contributed by atoms with Gasteiger partial charge in [-0.3, -0.25) is 4.79 Å². The monoisotopic (exact) mass is 393 g/mol. The molecule has 0 aliphatic carbocycles. The smallest absolute Gasteiger partial charge is 0.255 e. The van der Waals surface area contributed by atoms with Gasteiger partial charge in [0.05, 0.1) is 32.2 Å². The minimum Gasteiger partial charge on any atom is -0.497 e. The summed E-state index contributed by atoms with van der Waals surface area (Å²) in [6.45, 7) is 2.48. The second-order valence-electron chi connectivity index (χ2n) is 6.00. The van der Waals surface area contributed by atoms with Crippen LogP contribution >= 0.6 is 0 Å². The maximum Gasteiger partial charge on any atom is 0.255 e. The van der Waals surface area contributed by atoms with Crippen LogP contribution in [0.25, 0.3) is 0 Å². The Kier molecular flexibility index (Phi) is 6.52. The summed E-state index contributed by atoms with van der Waals surface area (Å²) in [4.78, 5) is 17.0. The number of para-hydroxylation sites is 2. The van der Waals surface area contributed by atoms with Gasteiger partial charge in [0.2, 0.25) is 0 Å². The van der Waals surface area contributed by atoms with E-state index in [1.54, 1.807) is 43.6 Å². The number of aromatic nitrogens is 1. The standard InChI is InChI=1S/C22H23N3O4/c1-4-29-19-8-6-5-7-17(19)24-21-13-15(11-12-23-21)22(26)25-18-10-9-16(27-2)14-20(18)28-3/h5-14H,4H2,1-3H3,(H,23,24)(H,25,26). The second kappa shape index (κ2) is 9.45. The normalized spacial score (nSPS) is 10.2. The Balaban J connectivity index is 1.78. The Hall–Kier alpha value is -3.74. The van der Waals surface area contributed by atoms with Crippen molar-refractivity contribution in [3.05, 3.63) is 66.4 Å². The van der Waals surface area contributed by atoms with E-state index in [0.29, 0.717) is 35.2 Å². The molecule has 2 aromatic carbocycles. The molecule has 0 fully saturated rings. The van der Waals surface area contributed by atoms with Crippen LogP contribution in [0.3, 0.4) is 0 Å². The summed E-state index contributed by atoms with van der Waals surface area (Å²) in [7, 11) is 3.11. The molecule has 0 unspecified atom stereocenters.